The number of amides is 1. The fourth-order valence-electron chi connectivity index (χ4n) is 2.74. The van der Waals surface area contributed by atoms with Crippen molar-refractivity contribution in [1.29, 1.82) is 0 Å². The number of benzene rings is 2. The molecule has 0 spiro atoms. The van der Waals surface area contributed by atoms with Gasteiger partial charge in [0.2, 0.25) is 5.91 Å². The number of hydrogen-bond acceptors (Lipinski definition) is 3. The zero-order valence-electron chi connectivity index (χ0n) is 15.0. The number of nitrogens with zero attached hydrogens (tertiary/aromatic N) is 1. The topological polar surface area (TPSA) is 74.8 Å². The Bertz CT molecular complexity index is 1010. The monoisotopic (exact) mass is 381 g/mol. The summed E-state index contributed by atoms with van der Waals surface area (Å²) in [6.07, 6.45) is 1.57. The van der Waals surface area contributed by atoms with Gasteiger partial charge in [-0.05, 0) is 36.6 Å². The van der Waals surface area contributed by atoms with E-state index in [1.807, 2.05) is 43.3 Å². The molecule has 2 aromatic carbocycles. The summed E-state index contributed by atoms with van der Waals surface area (Å²) >= 11 is 6.13. The molecule has 1 aromatic heterocycles. The van der Waals surface area contributed by atoms with Gasteiger partial charge in [-0.3, -0.25) is 9.59 Å². The Hall–Kier alpha value is -2.92. The lowest BCUT2D eigenvalue weighted by atomic mass is 10.1. The van der Waals surface area contributed by atoms with Crippen LogP contribution in [0.1, 0.15) is 24.6 Å². The van der Waals surface area contributed by atoms with E-state index in [1.165, 1.54) is 6.07 Å². The van der Waals surface area contributed by atoms with Gasteiger partial charge in [0.05, 0.1) is 0 Å². The Morgan fingerprint density at radius 3 is 2.74 bits per heavy atom. The van der Waals surface area contributed by atoms with E-state index < -0.39 is 0 Å². The number of anilines is 1. The minimum absolute atomic E-state index is 0.101. The normalized spacial score (nSPS) is 10.6. The van der Waals surface area contributed by atoms with Crippen LogP contribution in [0.4, 0.5) is 5.69 Å². The number of aryl methyl sites for hydroxylation is 2. The van der Waals surface area contributed by atoms with Crippen LogP contribution < -0.4 is 10.9 Å². The fourth-order valence-corrected chi connectivity index (χ4v) is 2.97. The van der Waals surface area contributed by atoms with Crippen LogP contribution in [0.25, 0.3) is 11.4 Å². The predicted octanol–water partition coefficient (Wildman–Crippen LogP) is 4.22. The maximum absolute atomic E-state index is 12.3. The molecule has 27 heavy (non-hydrogen) atoms. The van der Waals surface area contributed by atoms with E-state index in [0.717, 1.165) is 16.8 Å². The number of nitrogens with one attached hydrogen (secondary N) is 2. The highest BCUT2D eigenvalue weighted by Gasteiger charge is 2.08. The van der Waals surface area contributed by atoms with E-state index in [9.17, 15) is 9.59 Å². The summed E-state index contributed by atoms with van der Waals surface area (Å²) in [4.78, 5) is 31.2. The number of H-pyrrole nitrogens is 1. The average molecular weight is 382 g/mol. The first-order valence-corrected chi connectivity index (χ1v) is 9.17. The SMILES string of the molecule is CCc1cc(=O)[nH]c(-c2cccc(NC(=O)CCc3ccccc3Cl)c2)n1. The molecule has 5 nitrogen and oxygen atoms in total. The predicted molar refractivity (Wildman–Crippen MR) is 108 cm³/mol. The van der Waals surface area contributed by atoms with Crippen molar-refractivity contribution in [3.8, 4) is 11.4 Å². The van der Waals surface area contributed by atoms with E-state index in [1.54, 1.807) is 12.1 Å². The first kappa shape index (κ1) is 18.9. The van der Waals surface area contributed by atoms with Crippen LogP contribution in [-0.4, -0.2) is 15.9 Å². The highest BCUT2D eigenvalue weighted by molar-refractivity contribution is 6.31. The van der Waals surface area contributed by atoms with E-state index in [0.29, 0.717) is 35.8 Å². The zero-order chi connectivity index (χ0) is 19.2. The number of halogens is 1. The highest BCUT2D eigenvalue weighted by Crippen LogP contribution is 2.20. The molecule has 0 aliphatic rings. The molecule has 0 radical (unpaired) electrons. The van der Waals surface area contributed by atoms with Gasteiger partial charge >= 0.3 is 0 Å². The quantitative estimate of drug-likeness (QED) is 0.671. The van der Waals surface area contributed by atoms with Crippen molar-refractivity contribution in [2.24, 2.45) is 0 Å². The van der Waals surface area contributed by atoms with Crippen molar-refractivity contribution in [2.45, 2.75) is 26.2 Å². The lowest BCUT2D eigenvalue weighted by molar-refractivity contribution is -0.116. The minimum Gasteiger partial charge on any atom is -0.326 e. The third-order valence-electron chi connectivity index (χ3n) is 4.16. The van der Waals surface area contributed by atoms with Gasteiger partial charge in [0, 0.05) is 34.5 Å². The Morgan fingerprint density at radius 2 is 1.96 bits per heavy atom. The number of aromatic nitrogens is 2. The van der Waals surface area contributed by atoms with Crippen molar-refractivity contribution in [1.82, 2.24) is 9.97 Å². The molecule has 3 rings (SSSR count). The Balaban J connectivity index is 1.70. The molecule has 0 atom stereocenters. The van der Waals surface area contributed by atoms with Gasteiger partial charge in [-0.1, -0.05) is 48.9 Å². The van der Waals surface area contributed by atoms with Crippen LogP contribution in [0.15, 0.2) is 59.4 Å². The average Bonchev–Trinajstić information content (AvgIpc) is 2.67. The second kappa shape index (κ2) is 8.64. The van der Waals surface area contributed by atoms with Crippen LogP contribution in [0, 0.1) is 0 Å². The molecule has 0 unspecified atom stereocenters. The summed E-state index contributed by atoms with van der Waals surface area (Å²) in [6, 6.07) is 16.3. The molecule has 0 bridgehead atoms. The molecule has 0 saturated carbocycles. The van der Waals surface area contributed by atoms with E-state index in [2.05, 4.69) is 15.3 Å². The van der Waals surface area contributed by atoms with Crippen LogP contribution in [0.2, 0.25) is 5.02 Å². The molecule has 3 aromatic rings. The van der Waals surface area contributed by atoms with Crippen LogP contribution in [0.5, 0.6) is 0 Å². The molecule has 0 saturated heterocycles. The summed E-state index contributed by atoms with van der Waals surface area (Å²) < 4.78 is 0. The van der Waals surface area contributed by atoms with Crippen molar-refractivity contribution in [3.05, 3.63) is 81.2 Å². The van der Waals surface area contributed by atoms with Crippen molar-refractivity contribution >= 4 is 23.2 Å². The molecule has 0 aliphatic heterocycles. The van der Waals surface area contributed by atoms with Crippen LogP contribution >= 0.6 is 11.6 Å². The van der Waals surface area contributed by atoms with Crippen LogP contribution in [-0.2, 0) is 17.6 Å². The van der Waals surface area contributed by atoms with E-state index in [4.69, 9.17) is 11.6 Å². The number of rotatable bonds is 6. The van der Waals surface area contributed by atoms with Gasteiger partial charge in [-0.25, -0.2) is 4.98 Å². The maximum Gasteiger partial charge on any atom is 0.251 e. The third kappa shape index (κ3) is 5.05. The highest BCUT2D eigenvalue weighted by atomic mass is 35.5. The van der Waals surface area contributed by atoms with E-state index in [-0.39, 0.29) is 11.5 Å². The van der Waals surface area contributed by atoms with Gasteiger partial charge in [0.15, 0.2) is 0 Å². The molecule has 138 valence electrons. The zero-order valence-corrected chi connectivity index (χ0v) is 15.7. The number of carbonyl (C=O) groups excluding carboxylic acids is 1. The second-order valence-corrected chi connectivity index (χ2v) is 6.57. The lowest BCUT2D eigenvalue weighted by Gasteiger charge is -2.08. The molecule has 1 heterocycles. The fraction of sp³-hybridized carbons (Fsp3) is 0.190. The number of carbonyl (C=O) groups is 1. The molecule has 2 N–H and O–H groups in total. The van der Waals surface area contributed by atoms with Crippen molar-refractivity contribution in [2.75, 3.05) is 5.32 Å². The molecule has 6 heteroatoms. The standard InChI is InChI=1S/C21H20ClN3O2/c1-2-16-13-20(27)25-21(24-16)15-7-5-8-17(12-15)23-19(26)11-10-14-6-3-4-9-18(14)22/h3-9,12-13H,2,10-11H2,1H3,(H,23,26)(H,24,25,27). The van der Waals surface area contributed by atoms with Gasteiger partial charge in [-0.15, -0.1) is 0 Å². The summed E-state index contributed by atoms with van der Waals surface area (Å²) in [5, 5.41) is 3.55. The maximum atomic E-state index is 12.3. The number of hydrogen-bond donors (Lipinski definition) is 2. The molecule has 0 fully saturated rings. The first-order valence-electron chi connectivity index (χ1n) is 8.79. The Labute approximate surface area is 162 Å². The smallest absolute Gasteiger partial charge is 0.251 e. The minimum atomic E-state index is -0.189. The second-order valence-electron chi connectivity index (χ2n) is 6.16. The van der Waals surface area contributed by atoms with Crippen molar-refractivity contribution < 1.29 is 4.79 Å². The molecular formula is C21H20ClN3O2. The van der Waals surface area contributed by atoms with Crippen LogP contribution in [0.3, 0.4) is 0 Å². The summed E-state index contributed by atoms with van der Waals surface area (Å²) in [5.41, 5.74) is 2.88. The van der Waals surface area contributed by atoms with Crippen molar-refractivity contribution in [3.63, 3.8) is 0 Å². The Kier molecular flexibility index (Phi) is 6.04. The molecule has 0 aliphatic carbocycles. The lowest BCUT2D eigenvalue weighted by Crippen LogP contribution is -2.13. The van der Waals surface area contributed by atoms with Gasteiger partial charge < -0.3 is 10.3 Å². The Morgan fingerprint density at radius 1 is 1.15 bits per heavy atom. The first-order chi connectivity index (χ1) is 13.0. The van der Waals surface area contributed by atoms with E-state index >= 15 is 0 Å². The summed E-state index contributed by atoms with van der Waals surface area (Å²) in [6.45, 7) is 1.95. The third-order valence-corrected chi connectivity index (χ3v) is 4.52. The summed E-state index contributed by atoms with van der Waals surface area (Å²) in [7, 11) is 0. The van der Waals surface area contributed by atoms with Gasteiger partial charge in [-0.2, -0.15) is 0 Å². The van der Waals surface area contributed by atoms with Gasteiger partial charge in [0.1, 0.15) is 5.82 Å². The largest absolute Gasteiger partial charge is 0.326 e. The number of aromatic amines is 1. The van der Waals surface area contributed by atoms with Gasteiger partial charge in [0.25, 0.3) is 5.56 Å². The summed E-state index contributed by atoms with van der Waals surface area (Å²) in [5.74, 6) is 0.391. The molecular weight excluding hydrogens is 362 g/mol. The molecule has 1 amide bonds.